The van der Waals surface area contributed by atoms with E-state index in [1.54, 1.807) is 22.8 Å². The van der Waals surface area contributed by atoms with E-state index >= 15 is 0 Å². The minimum Gasteiger partial charge on any atom is -0.335 e. The third-order valence-electron chi connectivity index (χ3n) is 5.51. The van der Waals surface area contributed by atoms with E-state index in [1.807, 2.05) is 11.8 Å². The number of nitrogens with zero attached hydrogens (tertiary/aromatic N) is 6. The highest BCUT2D eigenvalue weighted by molar-refractivity contribution is 6.34. The molecule has 2 aromatic rings. The molecule has 0 aromatic carbocycles. The summed E-state index contributed by atoms with van der Waals surface area (Å²) >= 11 is 6.32. The summed E-state index contributed by atoms with van der Waals surface area (Å²) in [7, 11) is 1.77. The SMILES string of the molecule is Cc1c(Cl)c(C(=O)N2C[C@H]3CC[C@@H]2CN(C(=O)c2cnccn2)C3)nn1C. The van der Waals surface area contributed by atoms with Crippen LogP contribution in [0.2, 0.25) is 5.02 Å². The first-order valence-corrected chi connectivity index (χ1v) is 9.39. The van der Waals surface area contributed by atoms with Crippen LogP contribution in [0.1, 0.15) is 39.5 Å². The Morgan fingerprint density at radius 1 is 1.15 bits per heavy atom. The van der Waals surface area contributed by atoms with E-state index < -0.39 is 0 Å². The van der Waals surface area contributed by atoms with Crippen LogP contribution < -0.4 is 0 Å². The smallest absolute Gasteiger partial charge is 0.276 e. The largest absolute Gasteiger partial charge is 0.335 e. The molecule has 2 atom stereocenters. The molecular formula is C18H21ClN6O2. The molecule has 2 aromatic heterocycles. The van der Waals surface area contributed by atoms with Crippen LogP contribution in [0.5, 0.6) is 0 Å². The highest BCUT2D eigenvalue weighted by atomic mass is 35.5. The van der Waals surface area contributed by atoms with Gasteiger partial charge in [-0.2, -0.15) is 5.10 Å². The van der Waals surface area contributed by atoms with Crippen molar-refractivity contribution in [2.24, 2.45) is 13.0 Å². The average Bonchev–Trinajstić information content (AvgIpc) is 2.90. The highest BCUT2D eigenvalue weighted by Gasteiger charge is 2.40. The van der Waals surface area contributed by atoms with Gasteiger partial charge < -0.3 is 9.80 Å². The molecule has 0 spiro atoms. The number of piperidine rings is 1. The van der Waals surface area contributed by atoms with E-state index in [1.165, 1.54) is 12.4 Å². The van der Waals surface area contributed by atoms with Crippen molar-refractivity contribution in [2.45, 2.75) is 25.8 Å². The molecule has 9 heteroatoms. The van der Waals surface area contributed by atoms with Crippen molar-refractivity contribution in [2.75, 3.05) is 19.6 Å². The lowest BCUT2D eigenvalue weighted by Gasteiger charge is -2.35. The fraction of sp³-hybridized carbons (Fsp3) is 0.500. The van der Waals surface area contributed by atoms with Crippen LogP contribution in [-0.2, 0) is 7.05 Å². The van der Waals surface area contributed by atoms with Gasteiger partial charge in [0.2, 0.25) is 0 Å². The maximum Gasteiger partial charge on any atom is 0.276 e. The number of aromatic nitrogens is 4. The van der Waals surface area contributed by atoms with Crippen LogP contribution in [0.4, 0.5) is 0 Å². The maximum absolute atomic E-state index is 13.1. The molecule has 5 rings (SSSR count). The number of fused-ring (bicyclic) bond motifs is 4. The summed E-state index contributed by atoms with van der Waals surface area (Å²) in [5.74, 6) is -0.0647. The predicted octanol–water partition coefficient (Wildman–Crippen LogP) is 1.55. The molecule has 3 fully saturated rings. The zero-order chi connectivity index (χ0) is 19.1. The number of aryl methyl sites for hydroxylation is 1. The van der Waals surface area contributed by atoms with Crippen molar-refractivity contribution >= 4 is 23.4 Å². The summed E-state index contributed by atoms with van der Waals surface area (Å²) in [5.41, 5.74) is 1.38. The fourth-order valence-electron chi connectivity index (χ4n) is 3.92. The number of carbonyl (C=O) groups excluding carboxylic acids is 2. The lowest BCUT2D eigenvalue weighted by atomic mass is 9.94. The molecular weight excluding hydrogens is 368 g/mol. The second-order valence-electron chi connectivity index (χ2n) is 7.23. The minimum atomic E-state index is -0.160. The number of amides is 2. The van der Waals surface area contributed by atoms with E-state index in [9.17, 15) is 9.59 Å². The fourth-order valence-corrected chi connectivity index (χ4v) is 4.16. The Labute approximate surface area is 162 Å². The molecule has 0 radical (unpaired) electrons. The second-order valence-corrected chi connectivity index (χ2v) is 7.61. The first-order valence-electron chi connectivity index (χ1n) is 9.01. The number of rotatable bonds is 2. The van der Waals surface area contributed by atoms with E-state index in [0.717, 1.165) is 18.5 Å². The predicted molar refractivity (Wildman–Crippen MR) is 98.4 cm³/mol. The standard InChI is InChI=1S/C18H21ClN6O2/c1-11-15(19)16(22-23(11)2)18(27)25-9-12-3-4-13(25)10-24(8-12)17(26)14-7-20-5-6-21-14/h5-7,12-13H,3-4,8-10H2,1-2H3/t12-,13+/m0/s1. The molecule has 5 heterocycles. The van der Waals surface area contributed by atoms with Crippen molar-refractivity contribution in [3.05, 3.63) is 40.7 Å². The van der Waals surface area contributed by atoms with Crippen LogP contribution in [0.15, 0.2) is 18.6 Å². The zero-order valence-corrected chi connectivity index (χ0v) is 16.1. The quantitative estimate of drug-likeness (QED) is 0.779. The molecule has 27 heavy (non-hydrogen) atoms. The van der Waals surface area contributed by atoms with Crippen molar-refractivity contribution in [3.8, 4) is 0 Å². The molecule has 3 saturated heterocycles. The van der Waals surface area contributed by atoms with Gasteiger partial charge in [-0.1, -0.05) is 11.6 Å². The zero-order valence-electron chi connectivity index (χ0n) is 15.3. The molecule has 0 aliphatic carbocycles. The van der Waals surface area contributed by atoms with Gasteiger partial charge in [0.05, 0.1) is 16.9 Å². The molecule has 2 amide bonds. The lowest BCUT2D eigenvalue weighted by Crippen LogP contribution is -2.48. The van der Waals surface area contributed by atoms with Gasteiger partial charge in [-0.25, -0.2) is 4.98 Å². The maximum atomic E-state index is 13.1. The van der Waals surface area contributed by atoms with Crippen LogP contribution in [0, 0.1) is 12.8 Å². The number of hydrogen-bond acceptors (Lipinski definition) is 5. The third-order valence-corrected chi connectivity index (χ3v) is 5.96. The summed E-state index contributed by atoms with van der Waals surface area (Å²) in [6.07, 6.45) is 6.40. The molecule has 3 aliphatic heterocycles. The number of hydrogen-bond donors (Lipinski definition) is 0. The van der Waals surface area contributed by atoms with E-state index in [-0.39, 0.29) is 29.5 Å². The van der Waals surface area contributed by atoms with Gasteiger partial charge in [0.1, 0.15) is 5.69 Å². The average molecular weight is 389 g/mol. The lowest BCUT2D eigenvalue weighted by molar-refractivity contribution is 0.0567. The topological polar surface area (TPSA) is 84.2 Å². The Morgan fingerprint density at radius 3 is 2.63 bits per heavy atom. The Bertz CT molecular complexity index is 883. The summed E-state index contributed by atoms with van der Waals surface area (Å²) in [4.78, 5) is 37.7. The molecule has 3 aliphatic rings. The van der Waals surface area contributed by atoms with Gasteiger partial charge in [-0.05, 0) is 25.7 Å². The number of halogens is 1. The van der Waals surface area contributed by atoms with E-state index in [4.69, 9.17) is 11.6 Å². The Morgan fingerprint density at radius 2 is 1.96 bits per heavy atom. The monoisotopic (exact) mass is 388 g/mol. The van der Waals surface area contributed by atoms with Gasteiger partial charge in [-0.3, -0.25) is 19.3 Å². The first kappa shape index (κ1) is 17.9. The van der Waals surface area contributed by atoms with Gasteiger partial charge in [0.25, 0.3) is 11.8 Å². The summed E-state index contributed by atoms with van der Waals surface area (Å²) in [6.45, 7) is 3.55. The van der Waals surface area contributed by atoms with Crippen molar-refractivity contribution in [3.63, 3.8) is 0 Å². The van der Waals surface area contributed by atoms with E-state index in [0.29, 0.717) is 30.4 Å². The Kier molecular flexibility index (Phi) is 4.59. The molecule has 0 saturated carbocycles. The summed E-state index contributed by atoms with van der Waals surface area (Å²) in [6, 6.07) is -0.0461. The summed E-state index contributed by atoms with van der Waals surface area (Å²) < 4.78 is 1.62. The molecule has 8 nitrogen and oxygen atoms in total. The molecule has 0 N–H and O–H groups in total. The second kappa shape index (κ2) is 6.92. The van der Waals surface area contributed by atoms with Crippen LogP contribution >= 0.6 is 11.6 Å². The van der Waals surface area contributed by atoms with Crippen LogP contribution in [-0.4, -0.2) is 67.0 Å². The van der Waals surface area contributed by atoms with Crippen LogP contribution in [0.25, 0.3) is 0 Å². The molecule has 142 valence electrons. The van der Waals surface area contributed by atoms with Crippen molar-refractivity contribution < 1.29 is 9.59 Å². The van der Waals surface area contributed by atoms with Crippen molar-refractivity contribution in [1.82, 2.24) is 29.5 Å². The van der Waals surface area contributed by atoms with Gasteiger partial charge in [0, 0.05) is 45.1 Å². The van der Waals surface area contributed by atoms with Crippen molar-refractivity contribution in [1.29, 1.82) is 0 Å². The van der Waals surface area contributed by atoms with Gasteiger partial charge in [0.15, 0.2) is 5.69 Å². The van der Waals surface area contributed by atoms with E-state index in [2.05, 4.69) is 15.1 Å². The first-order chi connectivity index (χ1) is 13.0. The highest BCUT2D eigenvalue weighted by Crippen LogP contribution is 2.31. The number of carbonyl (C=O) groups is 2. The summed E-state index contributed by atoms with van der Waals surface area (Å²) in [5, 5.41) is 4.69. The Balaban J connectivity index is 1.57. The molecule has 0 unspecified atom stereocenters. The van der Waals surface area contributed by atoms with Gasteiger partial charge >= 0.3 is 0 Å². The third kappa shape index (κ3) is 3.18. The minimum absolute atomic E-state index is 0.0461. The Hall–Kier alpha value is -2.48. The normalized spacial score (nSPS) is 22.0. The van der Waals surface area contributed by atoms with Gasteiger partial charge in [-0.15, -0.1) is 0 Å². The van der Waals surface area contributed by atoms with Crippen LogP contribution in [0.3, 0.4) is 0 Å². The molecule has 2 bridgehead atoms.